The highest BCUT2D eigenvalue weighted by Gasteiger charge is 2.37. The van der Waals surface area contributed by atoms with Crippen molar-refractivity contribution in [3.63, 3.8) is 0 Å². The van der Waals surface area contributed by atoms with Crippen LogP contribution in [0.25, 0.3) is 0 Å². The van der Waals surface area contributed by atoms with E-state index < -0.39 is 23.4 Å². The fourth-order valence-corrected chi connectivity index (χ4v) is 2.65. The average Bonchev–Trinajstić information content (AvgIpc) is 2.84. The second kappa shape index (κ2) is 4.94. The average molecular weight is 299 g/mol. The second-order valence-electron chi connectivity index (χ2n) is 5.04. The van der Waals surface area contributed by atoms with Gasteiger partial charge in [-0.1, -0.05) is 0 Å². The monoisotopic (exact) mass is 299 g/mol. The van der Waals surface area contributed by atoms with Crippen LogP contribution in [0, 0.1) is 17.5 Å². The molecule has 2 aliphatic rings. The zero-order chi connectivity index (χ0) is 15.1. The quantitative estimate of drug-likeness (QED) is 0.785. The predicted molar refractivity (Wildman–Crippen MR) is 66.1 cm³/mol. The molecular formula is C13H12F3N3O2. The number of hydrogen-bond donors (Lipinski definition) is 1. The molecule has 1 aromatic carbocycles. The van der Waals surface area contributed by atoms with Crippen LogP contribution < -0.4 is 5.32 Å². The smallest absolute Gasteiger partial charge is 0.317 e. The Bertz CT molecular complexity index is 600. The van der Waals surface area contributed by atoms with E-state index in [-0.39, 0.29) is 30.7 Å². The van der Waals surface area contributed by atoms with Crippen LogP contribution in [-0.4, -0.2) is 54.0 Å². The Morgan fingerprint density at radius 2 is 1.86 bits per heavy atom. The molecule has 0 radical (unpaired) electrons. The number of benzene rings is 1. The van der Waals surface area contributed by atoms with Crippen LogP contribution in [-0.2, 0) is 0 Å². The van der Waals surface area contributed by atoms with Gasteiger partial charge in [0.15, 0.2) is 17.5 Å². The second-order valence-corrected chi connectivity index (χ2v) is 5.04. The van der Waals surface area contributed by atoms with Gasteiger partial charge in [0, 0.05) is 31.7 Å². The van der Waals surface area contributed by atoms with Gasteiger partial charge >= 0.3 is 6.03 Å². The summed E-state index contributed by atoms with van der Waals surface area (Å²) in [5.41, 5.74) is -0.239. The largest absolute Gasteiger partial charge is 0.336 e. The minimum atomic E-state index is -1.60. The molecule has 2 aliphatic heterocycles. The molecule has 0 aliphatic carbocycles. The standard InChI is InChI=1S/C13H12F3N3O2/c14-9-3-7(4-10(15)11(9)16)12(20)18-1-2-19-8(6-18)5-17-13(19)21/h3-4,8H,1-2,5-6H2,(H,17,21). The molecule has 2 saturated heterocycles. The molecule has 5 nitrogen and oxygen atoms in total. The lowest BCUT2D eigenvalue weighted by molar-refractivity contribution is 0.0616. The van der Waals surface area contributed by atoms with E-state index >= 15 is 0 Å². The highest BCUT2D eigenvalue weighted by Crippen LogP contribution is 2.19. The maximum Gasteiger partial charge on any atom is 0.317 e. The van der Waals surface area contributed by atoms with Gasteiger partial charge in [-0.3, -0.25) is 4.79 Å². The summed E-state index contributed by atoms with van der Waals surface area (Å²) >= 11 is 0. The summed E-state index contributed by atoms with van der Waals surface area (Å²) in [6, 6.07) is 1.05. The fraction of sp³-hybridized carbons (Fsp3) is 0.385. The fourth-order valence-electron chi connectivity index (χ4n) is 2.65. The van der Waals surface area contributed by atoms with Crippen LogP contribution in [0.4, 0.5) is 18.0 Å². The Morgan fingerprint density at radius 1 is 1.19 bits per heavy atom. The van der Waals surface area contributed by atoms with Crippen molar-refractivity contribution in [3.05, 3.63) is 35.1 Å². The van der Waals surface area contributed by atoms with E-state index in [4.69, 9.17) is 0 Å². The normalized spacial score (nSPS) is 21.3. The van der Waals surface area contributed by atoms with Crippen LogP contribution in [0.5, 0.6) is 0 Å². The third-order valence-corrected chi connectivity index (χ3v) is 3.75. The van der Waals surface area contributed by atoms with Gasteiger partial charge in [-0.15, -0.1) is 0 Å². The molecule has 1 aromatic rings. The lowest BCUT2D eigenvalue weighted by atomic mass is 10.1. The number of fused-ring (bicyclic) bond motifs is 1. The first-order valence-electron chi connectivity index (χ1n) is 6.45. The van der Waals surface area contributed by atoms with Gasteiger partial charge in [0.25, 0.3) is 5.91 Å². The highest BCUT2D eigenvalue weighted by atomic mass is 19.2. The molecule has 1 unspecified atom stereocenters. The van der Waals surface area contributed by atoms with Crippen molar-refractivity contribution >= 4 is 11.9 Å². The molecule has 0 aromatic heterocycles. The molecule has 8 heteroatoms. The van der Waals surface area contributed by atoms with Crippen LogP contribution in [0.15, 0.2) is 12.1 Å². The van der Waals surface area contributed by atoms with Crippen molar-refractivity contribution in [1.29, 1.82) is 0 Å². The number of nitrogens with one attached hydrogen (secondary N) is 1. The zero-order valence-corrected chi connectivity index (χ0v) is 10.9. The number of halogens is 3. The Hall–Kier alpha value is -2.25. The van der Waals surface area contributed by atoms with Crippen molar-refractivity contribution in [3.8, 4) is 0 Å². The Labute approximate surface area is 118 Å². The van der Waals surface area contributed by atoms with Gasteiger partial charge in [-0.25, -0.2) is 18.0 Å². The zero-order valence-electron chi connectivity index (χ0n) is 10.9. The third kappa shape index (κ3) is 2.30. The molecule has 2 heterocycles. The van der Waals surface area contributed by atoms with Gasteiger partial charge in [-0.2, -0.15) is 0 Å². The molecule has 0 saturated carbocycles. The molecule has 21 heavy (non-hydrogen) atoms. The van der Waals surface area contributed by atoms with E-state index in [1.54, 1.807) is 4.90 Å². The van der Waals surface area contributed by atoms with Crippen LogP contribution in [0.1, 0.15) is 10.4 Å². The SMILES string of the molecule is O=C(c1cc(F)c(F)c(F)c1)N1CCN2C(=O)NCC2C1. The van der Waals surface area contributed by atoms with Crippen molar-refractivity contribution in [2.45, 2.75) is 6.04 Å². The van der Waals surface area contributed by atoms with Crippen LogP contribution in [0.3, 0.4) is 0 Å². The molecule has 0 bridgehead atoms. The van der Waals surface area contributed by atoms with Gasteiger partial charge in [0.05, 0.1) is 6.04 Å². The van der Waals surface area contributed by atoms with Gasteiger partial charge in [0.1, 0.15) is 0 Å². The molecule has 1 atom stereocenters. The first-order chi connectivity index (χ1) is 9.97. The van der Waals surface area contributed by atoms with E-state index in [2.05, 4.69) is 5.32 Å². The minimum Gasteiger partial charge on any atom is -0.336 e. The summed E-state index contributed by atoms with van der Waals surface area (Å²) in [4.78, 5) is 26.7. The van der Waals surface area contributed by atoms with E-state index in [1.165, 1.54) is 4.90 Å². The maximum atomic E-state index is 13.2. The number of urea groups is 1. The minimum absolute atomic E-state index is 0.148. The Balaban J connectivity index is 1.79. The van der Waals surface area contributed by atoms with Gasteiger partial charge in [0.2, 0.25) is 0 Å². The Morgan fingerprint density at radius 3 is 2.52 bits per heavy atom. The molecular weight excluding hydrogens is 287 g/mol. The van der Waals surface area contributed by atoms with Crippen LogP contribution >= 0.6 is 0 Å². The summed E-state index contributed by atoms with van der Waals surface area (Å²) in [5, 5.41) is 2.67. The van der Waals surface area contributed by atoms with E-state index in [9.17, 15) is 22.8 Å². The summed E-state index contributed by atoms with van der Waals surface area (Å²) in [7, 11) is 0. The highest BCUT2D eigenvalue weighted by molar-refractivity contribution is 5.94. The topological polar surface area (TPSA) is 52.7 Å². The maximum absolute atomic E-state index is 13.2. The van der Waals surface area contributed by atoms with Crippen molar-refractivity contribution < 1.29 is 22.8 Å². The number of hydrogen-bond acceptors (Lipinski definition) is 2. The third-order valence-electron chi connectivity index (χ3n) is 3.75. The lowest BCUT2D eigenvalue weighted by Crippen LogP contribution is -2.53. The Kier molecular flexibility index (Phi) is 3.23. The number of piperazine rings is 1. The molecule has 112 valence electrons. The van der Waals surface area contributed by atoms with Crippen molar-refractivity contribution in [2.75, 3.05) is 26.2 Å². The van der Waals surface area contributed by atoms with E-state index in [0.717, 1.165) is 0 Å². The lowest BCUT2D eigenvalue weighted by Gasteiger charge is -2.36. The van der Waals surface area contributed by atoms with Gasteiger partial charge in [-0.05, 0) is 12.1 Å². The van der Waals surface area contributed by atoms with E-state index in [0.29, 0.717) is 25.2 Å². The van der Waals surface area contributed by atoms with E-state index in [1.807, 2.05) is 0 Å². The number of amides is 3. The van der Waals surface area contributed by atoms with Crippen molar-refractivity contribution in [1.82, 2.24) is 15.1 Å². The van der Waals surface area contributed by atoms with Gasteiger partial charge < -0.3 is 15.1 Å². The first kappa shape index (κ1) is 13.7. The number of nitrogens with zero attached hydrogens (tertiary/aromatic N) is 2. The molecule has 3 rings (SSSR count). The predicted octanol–water partition coefficient (Wildman–Crippen LogP) is 0.954. The number of rotatable bonds is 1. The molecule has 2 fully saturated rings. The number of carbonyl (C=O) groups excluding carboxylic acids is 2. The van der Waals surface area contributed by atoms with Crippen LogP contribution in [0.2, 0.25) is 0 Å². The summed E-state index contributed by atoms with van der Waals surface area (Å²) in [6.45, 7) is 1.32. The molecule has 0 spiro atoms. The van der Waals surface area contributed by atoms with Crippen molar-refractivity contribution in [2.24, 2.45) is 0 Å². The molecule has 3 amide bonds. The first-order valence-corrected chi connectivity index (χ1v) is 6.45. The summed E-state index contributed by atoms with van der Waals surface area (Å²) in [5.74, 6) is -4.96. The molecule has 1 N–H and O–H groups in total. The summed E-state index contributed by atoms with van der Waals surface area (Å²) in [6.07, 6.45) is 0. The number of carbonyl (C=O) groups is 2. The summed E-state index contributed by atoms with van der Waals surface area (Å²) < 4.78 is 39.3.